The van der Waals surface area contributed by atoms with Gasteiger partial charge in [-0.05, 0) is 20.3 Å². The Labute approximate surface area is 183 Å². The molecule has 1 aliphatic rings. The standard InChI is InChI=1S/C21H25F2N7O2/c1-12-8-17(27-19(25-12)21(4,22)23)30-15-9-16(26-13(2)31)24-10-14(15)18(28-30)29-7-6-20(3,11-29)32-5/h8-10H,6-7,11H2,1-5H3,(H,24,26,31). The van der Waals surface area contributed by atoms with E-state index in [1.807, 2.05) is 6.92 Å². The number of methoxy groups -OCH3 is 1. The van der Waals surface area contributed by atoms with E-state index >= 15 is 0 Å². The second-order valence-electron chi connectivity index (χ2n) is 8.41. The fourth-order valence-corrected chi connectivity index (χ4v) is 3.79. The fourth-order valence-electron chi connectivity index (χ4n) is 3.79. The normalized spacial score (nSPS) is 19.0. The molecular weight excluding hydrogens is 420 g/mol. The molecule has 3 aromatic rings. The Bertz CT molecular complexity index is 1190. The van der Waals surface area contributed by atoms with Crippen LogP contribution in [0.1, 0.15) is 38.7 Å². The van der Waals surface area contributed by atoms with Gasteiger partial charge in [-0.25, -0.2) is 19.6 Å². The summed E-state index contributed by atoms with van der Waals surface area (Å²) in [6, 6.07) is 3.24. The molecule has 32 heavy (non-hydrogen) atoms. The number of carbonyl (C=O) groups excluding carboxylic acids is 1. The van der Waals surface area contributed by atoms with Gasteiger partial charge >= 0.3 is 5.92 Å². The lowest BCUT2D eigenvalue weighted by Gasteiger charge is -2.22. The molecular formula is C21H25F2N7O2. The first-order valence-electron chi connectivity index (χ1n) is 10.2. The van der Waals surface area contributed by atoms with Crippen molar-refractivity contribution in [2.45, 2.75) is 45.6 Å². The lowest BCUT2D eigenvalue weighted by Crippen LogP contribution is -2.32. The number of aromatic nitrogens is 5. The predicted octanol–water partition coefficient (Wildman–Crippen LogP) is 3.20. The maximum atomic E-state index is 14.0. The summed E-state index contributed by atoms with van der Waals surface area (Å²) in [5.41, 5.74) is 0.650. The molecule has 170 valence electrons. The van der Waals surface area contributed by atoms with Gasteiger partial charge in [0.2, 0.25) is 11.7 Å². The highest BCUT2D eigenvalue weighted by atomic mass is 19.3. The summed E-state index contributed by atoms with van der Waals surface area (Å²) in [6.07, 6.45) is 2.43. The van der Waals surface area contributed by atoms with Crippen LogP contribution in [0.5, 0.6) is 0 Å². The van der Waals surface area contributed by atoms with Gasteiger partial charge in [0.05, 0.1) is 16.5 Å². The molecule has 1 aliphatic heterocycles. The van der Waals surface area contributed by atoms with Gasteiger partial charge in [0.15, 0.2) is 11.6 Å². The van der Waals surface area contributed by atoms with Crippen molar-refractivity contribution < 1.29 is 18.3 Å². The topological polar surface area (TPSA) is 98.1 Å². The van der Waals surface area contributed by atoms with E-state index in [1.165, 1.54) is 11.6 Å². The van der Waals surface area contributed by atoms with Crippen LogP contribution in [0, 0.1) is 6.92 Å². The molecule has 1 unspecified atom stereocenters. The maximum absolute atomic E-state index is 14.0. The van der Waals surface area contributed by atoms with Crippen LogP contribution in [0.2, 0.25) is 0 Å². The number of amides is 1. The molecule has 11 heteroatoms. The van der Waals surface area contributed by atoms with Crippen LogP contribution in [-0.4, -0.2) is 56.4 Å². The fraction of sp³-hybridized carbons (Fsp3) is 0.476. The zero-order chi connectivity index (χ0) is 23.3. The van der Waals surface area contributed by atoms with Crippen molar-refractivity contribution in [3.63, 3.8) is 0 Å². The molecule has 0 spiro atoms. The Kier molecular flexibility index (Phi) is 5.32. The third kappa shape index (κ3) is 4.12. The highest BCUT2D eigenvalue weighted by Gasteiger charge is 2.36. The number of halogens is 2. The van der Waals surface area contributed by atoms with E-state index in [1.54, 1.807) is 32.4 Å². The Hall–Kier alpha value is -3.21. The zero-order valence-electron chi connectivity index (χ0n) is 18.6. The van der Waals surface area contributed by atoms with Crippen molar-refractivity contribution >= 4 is 28.4 Å². The van der Waals surface area contributed by atoms with Gasteiger partial charge in [0, 0.05) is 58.1 Å². The monoisotopic (exact) mass is 445 g/mol. The van der Waals surface area contributed by atoms with Gasteiger partial charge < -0.3 is 15.0 Å². The van der Waals surface area contributed by atoms with Crippen LogP contribution in [0.25, 0.3) is 16.7 Å². The van der Waals surface area contributed by atoms with Crippen LogP contribution >= 0.6 is 0 Å². The van der Waals surface area contributed by atoms with E-state index in [2.05, 4.69) is 25.2 Å². The lowest BCUT2D eigenvalue weighted by molar-refractivity contribution is -0.114. The molecule has 4 rings (SSSR count). The third-order valence-corrected chi connectivity index (χ3v) is 5.53. The Morgan fingerprint density at radius 1 is 1.31 bits per heavy atom. The first-order valence-corrected chi connectivity index (χ1v) is 10.2. The molecule has 0 radical (unpaired) electrons. The summed E-state index contributed by atoms with van der Waals surface area (Å²) >= 11 is 0. The lowest BCUT2D eigenvalue weighted by atomic mass is 10.1. The third-order valence-electron chi connectivity index (χ3n) is 5.53. The second kappa shape index (κ2) is 7.73. The largest absolute Gasteiger partial charge is 0.377 e. The number of anilines is 2. The molecule has 3 aromatic heterocycles. The number of carbonyl (C=O) groups is 1. The van der Waals surface area contributed by atoms with E-state index in [-0.39, 0.29) is 17.3 Å². The molecule has 1 N–H and O–H groups in total. The Balaban J connectivity index is 1.90. The predicted molar refractivity (Wildman–Crippen MR) is 115 cm³/mol. The summed E-state index contributed by atoms with van der Waals surface area (Å²) < 4.78 is 35.1. The highest BCUT2D eigenvalue weighted by molar-refractivity contribution is 5.95. The Morgan fingerprint density at radius 2 is 2.06 bits per heavy atom. The van der Waals surface area contributed by atoms with Gasteiger partial charge in [0.1, 0.15) is 5.82 Å². The van der Waals surface area contributed by atoms with Crippen molar-refractivity contribution in [1.82, 2.24) is 24.7 Å². The molecule has 0 aliphatic carbocycles. The molecule has 0 bridgehead atoms. The van der Waals surface area contributed by atoms with E-state index in [9.17, 15) is 13.6 Å². The van der Waals surface area contributed by atoms with Gasteiger partial charge in [-0.2, -0.15) is 8.78 Å². The van der Waals surface area contributed by atoms with E-state index in [0.717, 1.165) is 13.3 Å². The molecule has 1 atom stereocenters. The SMILES string of the molecule is COC1(C)CCN(c2nn(-c3cc(C)nc(C(C)(F)F)n3)c3cc(NC(C)=O)ncc23)C1. The number of rotatable bonds is 5. The van der Waals surface area contributed by atoms with Gasteiger partial charge in [0.25, 0.3) is 0 Å². The second-order valence-corrected chi connectivity index (χ2v) is 8.41. The van der Waals surface area contributed by atoms with Gasteiger partial charge in [-0.15, -0.1) is 5.10 Å². The van der Waals surface area contributed by atoms with Crippen LogP contribution in [-0.2, 0) is 15.5 Å². The van der Waals surface area contributed by atoms with Crippen molar-refractivity contribution in [1.29, 1.82) is 0 Å². The van der Waals surface area contributed by atoms with Gasteiger partial charge in [-0.1, -0.05) is 0 Å². The number of nitrogens with zero attached hydrogens (tertiary/aromatic N) is 6. The molecule has 9 nitrogen and oxygen atoms in total. The number of hydrogen-bond acceptors (Lipinski definition) is 7. The van der Waals surface area contributed by atoms with Crippen LogP contribution < -0.4 is 10.2 Å². The summed E-state index contributed by atoms with van der Waals surface area (Å²) in [4.78, 5) is 25.9. The van der Waals surface area contributed by atoms with Crippen LogP contribution in [0.3, 0.4) is 0 Å². The Morgan fingerprint density at radius 3 is 2.69 bits per heavy atom. The van der Waals surface area contributed by atoms with E-state index in [0.29, 0.717) is 41.3 Å². The summed E-state index contributed by atoms with van der Waals surface area (Å²) in [6.45, 7) is 7.13. The minimum absolute atomic E-state index is 0.207. The molecule has 0 saturated carbocycles. The van der Waals surface area contributed by atoms with Crippen molar-refractivity contribution in [2.75, 3.05) is 30.4 Å². The molecule has 1 fully saturated rings. The number of aryl methyl sites for hydroxylation is 1. The number of hydrogen-bond donors (Lipinski definition) is 1. The maximum Gasteiger partial charge on any atom is 0.303 e. The molecule has 1 amide bonds. The highest BCUT2D eigenvalue weighted by Crippen LogP contribution is 2.35. The summed E-state index contributed by atoms with van der Waals surface area (Å²) in [7, 11) is 1.68. The van der Waals surface area contributed by atoms with E-state index in [4.69, 9.17) is 9.84 Å². The first kappa shape index (κ1) is 22.0. The number of nitrogens with one attached hydrogen (secondary N) is 1. The minimum Gasteiger partial charge on any atom is -0.377 e. The minimum atomic E-state index is -3.20. The van der Waals surface area contributed by atoms with Crippen molar-refractivity contribution in [3.8, 4) is 5.82 Å². The smallest absolute Gasteiger partial charge is 0.303 e. The molecule has 0 aromatic carbocycles. The summed E-state index contributed by atoms with van der Waals surface area (Å²) in [5, 5.41) is 8.08. The van der Waals surface area contributed by atoms with Crippen LogP contribution in [0.15, 0.2) is 18.3 Å². The van der Waals surface area contributed by atoms with E-state index < -0.39 is 11.7 Å². The number of alkyl halides is 2. The average molecular weight is 445 g/mol. The quantitative estimate of drug-likeness (QED) is 0.644. The molecule has 4 heterocycles. The van der Waals surface area contributed by atoms with Crippen molar-refractivity contribution in [3.05, 3.63) is 29.8 Å². The number of pyridine rings is 1. The first-order chi connectivity index (χ1) is 15.0. The van der Waals surface area contributed by atoms with Crippen molar-refractivity contribution in [2.24, 2.45) is 0 Å². The van der Waals surface area contributed by atoms with Gasteiger partial charge in [-0.3, -0.25) is 4.79 Å². The molecule has 1 saturated heterocycles. The summed E-state index contributed by atoms with van der Waals surface area (Å²) in [5.74, 6) is -2.88. The number of fused-ring (bicyclic) bond motifs is 1. The average Bonchev–Trinajstić information content (AvgIpc) is 3.27. The zero-order valence-corrected chi connectivity index (χ0v) is 18.6. The van der Waals surface area contributed by atoms with Crippen LogP contribution in [0.4, 0.5) is 20.4 Å². The number of ether oxygens (including phenoxy) is 1.